The van der Waals surface area contributed by atoms with Crippen LogP contribution in [0.5, 0.6) is 0 Å². The van der Waals surface area contributed by atoms with Crippen molar-refractivity contribution in [1.82, 2.24) is 19.8 Å². The molecular weight excluding hydrogens is 461 g/mol. The summed E-state index contributed by atoms with van der Waals surface area (Å²) < 4.78 is 44.3. The number of fused-ring (bicyclic) bond motifs is 1. The number of aromatic nitrogens is 2. The number of carbonyl (C=O) groups excluding carboxylic acids is 1. The number of ether oxygens (including phenoxy) is 1. The molecule has 2 fully saturated rings. The summed E-state index contributed by atoms with van der Waals surface area (Å²) >= 11 is 0. The van der Waals surface area contributed by atoms with Gasteiger partial charge in [0.25, 0.3) is 5.91 Å². The van der Waals surface area contributed by atoms with Crippen LogP contribution in [-0.4, -0.2) is 91.7 Å². The molecule has 0 radical (unpaired) electrons. The molecule has 5 rings (SSSR count). The second-order valence-corrected chi connectivity index (χ2v) is 9.21. The monoisotopic (exact) mass is 490 g/mol. The second kappa shape index (κ2) is 9.62. The van der Waals surface area contributed by atoms with E-state index in [1.165, 1.54) is 12.1 Å². The third-order valence-electron chi connectivity index (χ3n) is 6.87. The van der Waals surface area contributed by atoms with Gasteiger partial charge < -0.3 is 24.3 Å². The Morgan fingerprint density at radius 2 is 1.60 bits per heavy atom. The number of anilines is 2. The molecule has 0 unspecified atom stereocenters. The van der Waals surface area contributed by atoms with E-state index < -0.39 is 11.7 Å². The van der Waals surface area contributed by atoms with E-state index in [2.05, 4.69) is 21.7 Å². The quantitative estimate of drug-likeness (QED) is 0.654. The zero-order chi connectivity index (χ0) is 24.6. The Kier molecular flexibility index (Phi) is 6.54. The van der Waals surface area contributed by atoms with E-state index in [0.717, 1.165) is 61.3 Å². The number of morpholine rings is 1. The number of hydrogen-bond donors (Lipinski definition) is 0. The fraction of sp³-hybridized carbons (Fsp3) is 0.542. The molecule has 35 heavy (non-hydrogen) atoms. The van der Waals surface area contributed by atoms with E-state index in [1.54, 1.807) is 4.90 Å². The molecule has 0 bridgehead atoms. The molecule has 2 saturated heterocycles. The molecule has 8 nitrogen and oxygen atoms in total. The van der Waals surface area contributed by atoms with Crippen LogP contribution < -0.4 is 9.80 Å². The fourth-order valence-electron chi connectivity index (χ4n) is 4.73. The Hall–Kier alpha value is -2.92. The molecule has 11 heteroatoms. The predicted molar refractivity (Wildman–Crippen MR) is 125 cm³/mol. The van der Waals surface area contributed by atoms with E-state index >= 15 is 0 Å². The predicted octanol–water partition coefficient (Wildman–Crippen LogP) is 2.28. The Labute approximate surface area is 202 Å². The van der Waals surface area contributed by atoms with Crippen molar-refractivity contribution in [2.45, 2.75) is 19.1 Å². The first kappa shape index (κ1) is 23.8. The third kappa shape index (κ3) is 5.06. The van der Waals surface area contributed by atoms with Crippen LogP contribution in [0, 0.1) is 0 Å². The van der Waals surface area contributed by atoms with Crippen LogP contribution in [0.1, 0.15) is 27.2 Å². The number of nitrogens with zero attached hydrogens (tertiary/aromatic N) is 6. The van der Waals surface area contributed by atoms with Gasteiger partial charge >= 0.3 is 6.18 Å². The highest BCUT2D eigenvalue weighted by molar-refractivity contribution is 5.94. The van der Waals surface area contributed by atoms with Crippen molar-refractivity contribution in [1.29, 1.82) is 0 Å². The van der Waals surface area contributed by atoms with Crippen molar-refractivity contribution < 1.29 is 22.7 Å². The van der Waals surface area contributed by atoms with Gasteiger partial charge in [0.1, 0.15) is 5.82 Å². The van der Waals surface area contributed by atoms with E-state index in [9.17, 15) is 18.0 Å². The van der Waals surface area contributed by atoms with Gasteiger partial charge in [0.05, 0.1) is 31.0 Å². The lowest BCUT2D eigenvalue weighted by molar-refractivity contribution is -0.137. The van der Waals surface area contributed by atoms with Crippen LogP contribution in [0.25, 0.3) is 0 Å². The third-order valence-corrected chi connectivity index (χ3v) is 6.87. The van der Waals surface area contributed by atoms with Crippen molar-refractivity contribution in [2.75, 3.05) is 75.9 Å². The van der Waals surface area contributed by atoms with Gasteiger partial charge in [-0.25, -0.2) is 4.98 Å². The summed E-state index contributed by atoms with van der Waals surface area (Å²) in [7, 11) is 2.10. The van der Waals surface area contributed by atoms with E-state index in [-0.39, 0.29) is 11.5 Å². The first-order valence-corrected chi connectivity index (χ1v) is 11.9. The minimum atomic E-state index is -4.43. The molecule has 1 aromatic heterocycles. The lowest BCUT2D eigenvalue weighted by atomic mass is 10.0. The highest BCUT2D eigenvalue weighted by Crippen LogP contribution is 2.32. The maximum atomic E-state index is 13.2. The number of alkyl halides is 3. The van der Waals surface area contributed by atoms with Gasteiger partial charge in [0, 0.05) is 63.4 Å². The summed E-state index contributed by atoms with van der Waals surface area (Å²) in [6.07, 6.45) is -3.86. The topological polar surface area (TPSA) is 65.0 Å². The largest absolute Gasteiger partial charge is 0.416 e. The van der Waals surface area contributed by atoms with Crippen LogP contribution in [0.2, 0.25) is 0 Å². The van der Waals surface area contributed by atoms with Crippen molar-refractivity contribution in [2.24, 2.45) is 0 Å². The zero-order valence-corrected chi connectivity index (χ0v) is 19.7. The lowest BCUT2D eigenvalue weighted by Gasteiger charge is -2.37. The van der Waals surface area contributed by atoms with Gasteiger partial charge in [-0.3, -0.25) is 4.79 Å². The molecule has 0 spiro atoms. The van der Waals surface area contributed by atoms with Crippen LogP contribution >= 0.6 is 0 Å². The van der Waals surface area contributed by atoms with Gasteiger partial charge in [0.15, 0.2) is 0 Å². The summed E-state index contributed by atoms with van der Waals surface area (Å²) in [5.41, 5.74) is 1.32. The minimum absolute atomic E-state index is 0.240. The standard InChI is InChI=1S/C24H29F3N6O2/c1-30-8-10-32(11-9-30)23-28-20-6-7-33(16-19(20)21(29-23)31-12-14-35-15-13-31)22(34)17-2-4-18(5-3-17)24(25,26)27/h2-5H,6-16H2,1H3. The minimum Gasteiger partial charge on any atom is -0.378 e. The van der Waals surface area contributed by atoms with E-state index in [0.29, 0.717) is 45.8 Å². The van der Waals surface area contributed by atoms with Gasteiger partial charge in [-0.15, -0.1) is 0 Å². The molecule has 0 atom stereocenters. The Morgan fingerprint density at radius 3 is 2.26 bits per heavy atom. The highest BCUT2D eigenvalue weighted by atomic mass is 19.4. The van der Waals surface area contributed by atoms with E-state index in [1.807, 2.05) is 0 Å². The normalized spacial score (nSPS) is 19.6. The van der Waals surface area contributed by atoms with E-state index in [4.69, 9.17) is 14.7 Å². The smallest absolute Gasteiger partial charge is 0.378 e. The van der Waals surface area contributed by atoms with Crippen LogP contribution in [-0.2, 0) is 23.9 Å². The molecule has 3 aliphatic heterocycles. The van der Waals surface area contributed by atoms with Gasteiger partial charge in [0.2, 0.25) is 5.95 Å². The van der Waals surface area contributed by atoms with Gasteiger partial charge in [-0.1, -0.05) is 0 Å². The number of likely N-dealkylation sites (N-methyl/N-ethyl adjacent to an activating group) is 1. The second-order valence-electron chi connectivity index (χ2n) is 9.21. The first-order chi connectivity index (χ1) is 16.8. The summed E-state index contributed by atoms with van der Waals surface area (Å²) in [5.74, 6) is 1.26. The number of amides is 1. The molecule has 2 aromatic rings. The van der Waals surface area contributed by atoms with Crippen molar-refractivity contribution >= 4 is 17.7 Å². The number of halogens is 3. The number of piperazine rings is 1. The molecule has 3 aliphatic rings. The average Bonchev–Trinajstić information content (AvgIpc) is 2.88. The Bertz CT molecular complexity index is 1060. The van der Waals surface area contributed by atoms with Gasteiger partial charge in [-0.05, 0) is 31.3 Å². The number of benzene rings is 1. The van der Waals surface area contributed by atoms with Crippen LogP contribution in [0.4, 0.5) is 24.9 Å². The van der Waals surface area contributed by atoms with Crippen molar-refractivity contribution in [3.63, 3.8) is 0 Å². The maximum absolute atomic E-state index is 13.2. The summed E-state index contributed by atoms with van der Waals surface area (Å²) in [5, 5.41) is 0. The molecule has 0 aliphatic carbocycles. The average molecular weight is 491 g/mol. The van der Waals surface area contributed by atoms with Gasteiger partial charge in [-0.2, -0.15) is 18.2 Å². The molecule has 0 saturated carbocycles. The van der Waals surface area contributed by atoms with Crippen molar-refractivity contribution in [3.05, 3.63) is 46.6 Å². The first-order valence-electron chi connectivity index (χ1n) is 11.9. The Morgan fingerprint density at radius 1 is 0.914 bits per heavy atom. The highest BCUT2D eigenvalue weighted by Gasteiger charge is 2.32. The lowest BCUT2D eigenvalue weighted by Crippen LogP contribution is -2.46. The Balaban J connectivity index is 1.42. The fourth-order valence-corrected chi connectivity index (χ4v) is 4.73. The zero-order valence-electron chi connectivity index (χ0n) is 19.7. The SMILES string of the molecule is CN1CCN(c2nc3c(c(N4CCOCC4)n2)CN(C(=O)c2ccc(C(F)(F)F)cc2)CC3)CC1. The summed E-state index contributed by atoms with van der Waals surface area (Å²) in [6, 6.07) is 4.40. The number of carbonyl (C=O) groups is 1. The summed E-state index contributed by atoms with van der Waals surface area (Å²) in [4.78, 5) is 31.4. The van der Waals surface area contributed by atoms with Crippen LogP contribution in [0.15, 0.2) is 24.3 Å². The molecule has 4 heterocycles. The number of rotatable bonds is 3. The molecule has 1 aromatic carbocycles. The molecular formula is C24H29F3N6O2. The van der Waals surface area contributed by atoms with Crippen LogP contribution in [0.3, 0.4) is 0 Å². The van der Waals surface area contributed by atoms with Crippen molar-refractivity contribution in [3.8, 4) is 0 Å². The molecule has 1 amide bonds. The summed E-state index contributed by atoms with van der Waals surface area (Å²) in [6.45, 7) is 7.02. The molecule has 188 valence electrons. The molecule has 0 N–H and O–H groups in total. The maximum Gasteiger partial charge on any atom is 0.416 e. The number of hydrogen-bond acceptors (Lipinski definition) is 7.